The summed E-state index contributed by atoms with van der Waals surface area (Å²) in [5.74, 6) is 2.34. The van der Waals surface area contributed by atoms with Crippen LogP contribution in [0.5, 0.6) is 17.6 Å². The third-order valence-electron chi connectivity index (χ3n) is 4.67. The fourth-order valence-corrected chi connectivity index (χ4v) is 3.02. The normalized spacial score (nSPS) is 10.9. The average molecular weight is 431 g/mol. The smallest absolute Gasteiger partial charge is 0.336 e. The van der Waals surface area contributed by atoms with Crippen LogP contribution in [-0.4, -0.2) is 33.5 Å². The Bertz CT molecular complexity index is 1120. The van der Waals surface area contributed by atoms with Crippen LogP contribution >= 0.6 is 0 Å². The van der Waals surface area contributed by atoms with Crippen LogP contribution in [0.1, 0.15) is 19.4 Å². The topological polar surface area (TPSA) is 71.3 Å². The van der Waals surface area contributed by atoms with E-state index < -0.39 is 0 Å². The van der Waals surface area contributed by atoms with Crippen molar-refractivity contribution in [2.45, 2.75) is 20.5 Å². The van der Waals surface area contributed by atoms with Crippen LogP contribution < -0.4 is 14.2 Å². The van der Waals surface area contributed by atoms with Crippen molar-refractivity contribution in [1.82, 2.24) is 19.7 Å². The van der Waals surface area contributed by atoms with Crippen LogP contribution in [0, 0.1) is 5.92 Å². The summed E-state index contributed by atoms with van der Waals surface area (Å²) in [7, 11) is 1.59. The Labute approximate surface area is 187 Å². The summed E-state index contributed by atoms with van der Waals surface area (Å²) in [6.07, 6.45) is 1.70. The average Bonchev–Trinajstić information content (AvgIpc) is 3.27. The van der Waals surface area contributed by atoms with Crippen LogP contribution in [0.2, 0.25) is 0 Å². The van der Waals surface area contributed by atoms with Crippen molar-refractivity contribution < 1.29 is 14.2 Å². The summed E-state index contributed by atoms with van der Waals surface area (Å²) >= 11 is 0. The highest BCUT2D eigenvalue weighted by molar-refractivity contribution is 5.59. The van der Waals surface area contributed by atoms with Gasteiger partial charge in [-0.15, -0.1) is 5.10 Å². The van der Waals surface area contributed by atoms with Gasteiger partial charge in [-0.25, -0.2) is 9.67 Å². The molecule has 7 heteroatoms. The number of benzene rings is 2. The van der Waals surface area contributed by atoms with Crippen LogP contribution in [0.4, 0.5) is 0 Å². The standard InChI is InChI=1S/C25H26N4O3/c1-18(2)16-32-25-27-24(29(28-25)21-11-14-23(30-3)26-15-21)20-9-12-22(13-10-20)31-17-19-7-5-4-6-8-19/h4-15,18H,16-17H2,1-3H3. The second kappa shape index (κ2) is 9.96. The van der Waals surface area contributed by atoms with Gasteiger partial charge in [0.2, 0.25) is 5.88 Å². The predicted molar refractivity (Wildman–Crippen MR) is 122 cm³/mol. The second-order valence-electron chi connectivity index (χ2n) is 7.69. The van der Waals surface area contributed by atoms with Gasteiger partial charge in [-0.1, -0.05) is 44.2 Å². The van der Waals surface area contributed by atoms with Gasteiger partial charge in [-0.3, -0.25) is 0 Å². The monoisotopic (exact) mass is 430 g/mol. The Morgan fingerprint density at radius 1 is 0.906 bits per heavy atom. The molecule has 0 amide bonds. The SMILES string of the molecule is COc1ccc(-n2nc(OCC(C)C)nc2-c2ccc(OCc3ccccc3)cc2)cn1. The van der Waals surface area contributed by atoms with Crippen molar-refractivity contribution in [2.24, 2.45) is 5.92 Å². The Morgan fingerprint density at radius 2 is 1.69 bits per heavy atom. The van der Waals surface area contributed by atoms with Crippen molar-refractivity contribution in [2.75, 3.05) is 13.7 Å². The number of nitrogens with zero attached hydrogens (tertiary/aromatic N) is 4. The quantitative estimate of drug-likeness (QED) is 0.374. The highest BCUT2D eigenvalue weighted by Crippen LogP contribution is 2.26. The molecule has 0 aliphatic heterocycles. The molecule has 0 N–H and O–H groups in total. The molecule has 164 valence electrons. The predicted octanol–water partition coefficient (Wildman–Crippen LogP) is 4.95. The summed E-state index contributed by atoms with van der Waals surface area (Å²) in [6, 6.07) is 21.9. The summed E-state index contributed by atoms with van der Waals surface area (Å²) in [5, 5.41) is 4.55. The van der Waals surface area contributed by atoms with Crippen molar-refractivity contribution in [1.29, 1.82) is 0 Å². The summed E-state index contributed by atoms with van der Waals surface area (Å²) in [6.45, 7) is 5.22. The molecule has 0 spiro atoms. The number of pyridine rings is 1. The third kappa shape index (κ3) is 5.24. The van der Waals surface area contributed by atoms with E-state index in [0.717, 1.165) is 22.6 Å². The molecule has 2 heterocycles. The summed E-state index contributed by atoms with van der Waals surface area (Å²) in [4.78, 5) is 8.91. The zero-order valence-corrected chi connectivity index (χ0v) is 18.4. The van der Waals surface area contributed by atoms with E-state index in [1.165, 1.54) is 0 Å². The number of ether oxygens (including phenoxy) is 3. The number of rotatable bonds is 9. The molecule has 0 saturated heterocycles. The Balaban J connectivity index is 1.58. The summed E-state index contributed by atoms with van der Waals surface area (Å²) in [5.41, 5.74) is 2.77. The Morgan fingerprint density at radius 3 is 2.34 bits per heavy atom. The Hall–Kier alpha value is -3.87. The maximum absolute atomic E-state index is 5.90. The van der Waals surface area contributed by atoms with Gasteiger partial charge in [0.15, 0.2) is 5.82 Å². The highest BCUT2D eigenvalue weighted by Gasteiger charge is 2.16. The molecule has 2 aromatic carbocycles. The van der Waals surface area contributed by atoms with Gasteiger partial charge >= 0.3 is 6.01 Å². The van der Waals surface area contributed by atoms with Gasteiger partial charge in [0.1, 0.15) is 12.4 Å². The van der Waals surface area contributed by atoms with E-state index in [1.807, 2.05) is 60.7 Å². The second-order valence-corrected chi connectivity index (χ2v) is 7.69. The lowest BCUT2D eigenvalue weighted by molar-refractivity contribution is 0.251. The molecular weight excluding hydrogens is 404 g/mol. The molecule has 4 aromatic rings. The van der Waals surface area contributed by atoms with Crippen LogP contribution in [0.3, 0.4) is 0 Å². The third-order valence-corrected chi connectivity index (χ3v) is 4.67. The first-order chi connectivity index (χ1) is 15.6. The molecule has 0 saturated carbocycles. The number of aromatic nitrogens is 4. The minimum atomic E-state index is 0.328. The maximum atomic E-state index is 5.90. The molecule has 0 unspecified atom stereocenters. The van der Waals surface area contributed by atoms with Gasteiger partial charge in [-0.2, -0.15) is 4.98 Å². The van der Waals surface area contributed by atoms with E-state index in [2.05, 4.69) is 28.9 Å². The van der Waals surface area contributed by atoms with Crippen molar-refractivity contribution >= 4 is 0 Å². The number of methoxy groups -OCH3 is 1. The molecule has 0 bridgehead atoms. The highest BCUT2D eigenvalue weighted by atomic mass is 16.5. The first-order valence-electron chi connectivity index (χ1n) is 10.5. The van der Waals surface area contributed by atoms with E-state index in [4.69, 9.17) is 14.2 Å². The van der Waals surface area contributed by atoms with Crippen LogP contribution in [0.15, 0.2) is 72.9 Å². The van der Waals surface area contributed by atoms with Gasteiger partial charge < -0.3 is 14.2 Å². The van der Waals surface area contributed by atoms with Gasteiger partial charge in [0, 0.05) is 11.6 Å². The van der Waals surface area contributed by atoms with E-state index >= 15 is 0 Å². The van der Waals surface area contributed by atoms with E-state index in [0.29, 0.717) is 36.8 Å². The maximum Gasteiger partial charge on any atom is 0.336 e. The van der Waals surface area contributed by atoms with Gasteiger partial charge in [0.25, 0.3) is 0 Å². The minimum absolute atomic E-state index is 0.328. The first kappa shape index (κ1) is 21.4. The number of hydrogen-bond acceptors (Lipinski definition) is 6. The molecule has 0 aliphatic rings. The molecule has 0 aliphatic carbocycles. The molecule has 0 atom stereocenters. The molecule has 0 radical (unpaired) electrons. The molecule has 32 heavy (non-hydrogen) atoms. The van der Waals surface area contributed by atoms with Crippen molar-refractivity contribution in [3.8, 4) is 34.7 Å². The lowest BCUT2D eigenvalue weighted by Gasteiger charge is -2.08. The zero-order chi connectivity index (χ0) is 22.3. The van der Waals surface area contributed by atoms with Crippen molar-refractivity contribution in [3.63, 3.8) is 0 Å². The molecule has 0 fully saturated rings. The molecule has 2 aromatic heterocycles. The molecule has 7 nitrogen and oxygen atoms in total. The molecule has 4 rings (SSSR count). The fraction of sp³-hybridized carbons (Fsp3) is 0.240. The van der Waals surface area contributed by atoms with Crippen LogP contribution in [0.25, 0.3) is 17.1 Å². The summed E-state index contributed by atoms with van der Waals surface area (Å²) < 4.78 is 18.6. The lowest BCUT2D eigenvalue weighted by atomic mass is 10.2. The minimum Gasteiger partial charge on any atom is -0.489 e. The van der Waals surface area contributed by atoms with Gasteiger partial charge in [0.05, 0.1) is 25.6 Å². The van der Waals surface area contributed by atoms with E-state index in [9.17, 15) is 0 Å². The zero-order valence-electron chi connectivity index (χ0n) is 18.4. The largest absolute Gasteiger partial charge is 0.489 e. The van der Waals surface area contributed by atoms with E-state index in [-0.39, 0.29) is 0 Å². The first-order valence-corrected chi connectivity index (χ1v) is 10.5. The fourth-order valence-electron chi connectivity index (χ4n) is 3.02. The van der Waals surface area contributed by atoms with E-state index in [1.54, 1.807) is 24.1 Å². The van der Waals surface area contributed by atoms with Crippen LogP contribution in [-0.2, 0) is 6.61 Å². The van der Waals surface area contributed by atoms with Crippen molar-refractivity contribution in [3.05, 3.63) is 78.5 Å². The number of hydrogen-bond donors (Lipinski definition) is 0. The van der Waals surface area contributed by atoms with Gasteiger partial charge in [-0.05, 0) is 41.8 Å². The molecular formula is C25H26N4O3. The lowest BCUT2D eigenvalue weighted by Crippen LogP contribution is -2.06. The Kier molecular flexibility index (Phi) is 6.65.